The lowest BCUT2D eigenvalue weighted by Gasteiger charge is -2.38. The van der Waals surface area contributed by atoms with Crippen LogP contribution in [0.4, 0.5) is 9.59 Å². The molecule has 8 heteroatoms. The normalized spacial score (nSPS) is 16.7. The van der Waals surface area contributed by atoms with Crippen molar-refractivity contribution in [2.24, 2.45) is 5.92 Å². The van der Waals surface area contributed by atoms with Crippen molar-refractivity contribution in [1.82, 2.24) is 10.2 Å². The molecule has 2 aromatic rings. The van der Waals surface area contributed by atoms with E-state index >= 15 is 0 Å². The summed E-state index contributed by atoms with van der Waals surface area (Å²) in [5.41, 5.74) is 3.58. The first-order valence-corrected chi connectivity index (χ1v) is 13.3. The van der Waals surface area contributed by atoms with Crippen LogP contribution in [0.5, 0.6) is 0 Å². The number of methoxy groups -OCH3 is 1. The van der Waals surface area contributed by atoms with Gasteiger partial charge in [-0.15, -0.1) is 0 Å². The van der Waals surface area contributed by atoms with Crippen LogP contribution in [0, 0.1) is 5.92 Å². The number of carbonyl (C=O) groups is 2. The minimum absolute atomic E-state index is 0.0194. The van der Waals surface area contributed by atoms with Gasteiger partial charge in [-0.3, -0.25) is 0 Å². The summed E-state index contributed by atoms with van der Waals surface area (Å²) in [5, 5.41) is 3.32. The molecule has 0 spiro atoms. The number of hydrogen-bond acceptors (Lipinski definition) is 5. The quantitative estimate of drug-likeness (QED) is 0.387. The molecule has 2 aromatic carbocycles. The number of aryl methyl sites for hydroxylation is 1. The molecule has 3 rings (SSSR count). The second-order valence-corrected chi connectivity index (χ2v) is 10.7. The van der Waals surface area contributed by atoms with E-state index < -0.39 is 11.7 Å². The van der Waals surface area contributed by atoms with Crippen LogP contribution in [0.3, 0.4) is 0 Å². The van der Waals surface area contributed by atoms with E-state index in [1.807, 2.05) is 45.0 Å². The van der Waals surface area contributed by atoms with Crippen LogP contribution < -0.4 is 5.32 Å². The lowest BCUT2D eigenvalue weighted by atomic mass is 9.84. The minimum Gasteiger partial charge on any atom is -0.453 e. The van der Waals surface area contributed by atoms with E-state index in [2.05, 4.69) is 35.2 Å². The number of carbonyl (C=O) groups excluding carboxylic acids is 2. The Kier molecular flexibility index (Phi) is 10.2. The van der Waals surface area contributed by atoms with Crippen molar-refractivity contribution in [3.05, 3.63) is 58.6 Å². The molecule has 1 N–H and O–H groups in total. The fraction of sp³-hybridized carbons (Fsp3) is 0.517. The van der Waals surface area contributed by atoms with Crippen molar-refractivity contribution < 1.29 is 23.8 Å². The fourth-order valence-corrected chi connectivity index (χ4v) is 4.96. The Morgan fingerprint density at radius 1 is 1.19 bits per heavy atom. The van der Waals surface area contributed by atoms with Gasteiger partial charge >= 0.3 is 12.2 Å². The van der Waals surface area contributed by atoms with Crippen LogP contribution in [0.1, 0.15) is 57.8 Å². The topological polar surface area (TPSA) is 77.1 Å². The van der Waals surface area contributed by atoms with E-state index in [0.717, 1.165) is 36.0 Å². The number of hydrogen-bond donors (Lipinski definition) is 1. The van der Waals surface area contributed by atoms with Crippen molar-refractivity contribution in [2.45, 2.75) is 58.7 Å². The number of amides is 2. The third-order valence-corrected chi connectivity index (χ3v) is 6.68. The number of likely N-dealkylation sites (tertiary alicyclic amines) is 1. The number of nitrogens with one attached hydrogen (secondary N) is 1. The Morgan fingerprint density at radius 3 is 2.65 bits per heavy atom. The molecule has 7 nitrogen and oxygen atoms in total. The molecule has 1 aliphatic heterocycles. The van der Waals surface area contributed by atoms with Crippen LogP contribution in [0.2, 0.25) is 5.02 Å². The maximum atomic E-state index is 12.9. The average molecular weight is 531 g/mol. The summed E-state index contributed by atoms with van der Waals surface area (Å²) in [4.78, 5) is 26.2. The van der Waals surface area contributed by atoms with Gasteiger partial charge in [0.25, 0.3) is 0 Å². The van der Waals surface area contributed by atoms with Crippen molar-refractivity contribution >= 4 is 23.8 Å². The van der Waals surface area contributed by atoms with Gasteiger partial charge in [-0.25, -0.2) is 9.59 Å². The van der Waals surface area contributed by atoms with Gasteiger partial charge in [0, 0.05) is 36.1 Å². The van der Waals surface area contributed by atoms with Crippen molar-refractivity contribution in [1.29, 1.82) is 0 Å². The largest absolute Gasteiger partial charge is 0.453 e. The van der Waals surface area contributed by atoms with Crippen LogP contribution in [-0.2, 0) is 20.6 Å². The standard InChI is InChI=1S/C29H39ClN2O5/c1-6-20-10-7-11-21(18-20)25-23(13-8-14-24(25)30)26(36-17-15-31-27(33)35-5)22-12-9-16-32(19-22)28(34)37-29(2,3)4/h7-8,10-11,13-14,18,22,26H,6,9,12,15-17,19H2,1-5H3,(H,31,33)/t22-,26?/m1/s1. The molecule has 2 atom stereocenters. The fourth-order valence-electron chi connectivity index (χ4n) is 4.67. The maximum absolute atomic E-state index is 12.9. The summed E-state index contributed by atoms with van der Waals surface area (Å²) in [6, 6.07) is 14.2. The highest BCUT2D eigenvalue weighted by atomic mass is 35.5. The predicted octanol–water partition coefficient (Wildman–Crippen LogP) is 6.63. The summed E-state index contributed by atoms with van der Waals surface area (Å²) >= 11 is 6.80. The SMILES string of the molecule is CCc1cccc(-c2c(Cl)cccc2C(OCCNC(=O)OC)[C@@H]2CCCN(C(=O)OC(C)(C)C)C2)c1. The van der Waals surface area contributed by atoms with E-state index in [-0.39, 0.29) is 24.7 Å². The molecule has 0 aromatic heterocycles. The molecule has 0 saturated carbocycles. The summed E-state index contributed by atoms with van der Waals surface area (Å²) in [6.07, 6.45) is 1.48. The van der Waals surface area contributed by atoms with Gasteiger partial charge < -0.3 is 24.4 Å². The van der Waals surface area contributed by atoms with Crippen LogP contribution in [-0.4, -0.2) is 56.0 Å². The molecule has 37 heavy (non-hydrogen) atoms. The number of nitrogens with zero attached hydrogens (tertiary/aromatic N) is 1. The monoisotopic (exact) mass is 530 g/mol. The summed E-state index contributed by atoms with van der Waals surface area (Å²) in [7, 11) is 1.33. The Morgan fingerprint density at radius 2 is 1.95 bits per heavy atom. The second kappa shape index (κ2) is 13.2. The first-order valence-electron chi connectivity index (χ1n) is 12.9. The molecule has 1 aliphatic rings. The van der Waals surface area contributed by atoms with Crippen LogP contribution in [0.15, 0.2) is 42.5 Å². The van der Waals surface area contributed by atoms with Gasteiger partial charge in [-0.2, -0.15) is 0 Å². The molecule has 1 heterocycles. The van der Waals surface area contributed by atoms with Gasteiger partial charge in [0.1, 0.15) is 5.60 Å². The lowest BCUT2D eigenvalue weighted by molar-refractivity contribution is -0.0243. The maximum Gasteiger partial charge on any atom is 0.410 e. The van der Waals surface area contributed by atoms with Gasteiger partial charge in [0.05, 0.1) is 19.8 Å². The molecular weight excluding hydrogens is 492 g/mol. The molecule has 202 valence electrons. The molecule has 2 amide bonds. The average Bonchev–Trinajstić information content (AvgIpc) is 2.87. The second-order valence-electron chi connectivity index (χ2n) is 10.3. The smallest absolute Gasteiger partial charge is 0.410 e. The highest BCUT2D eigenvalue weighted by Gasteiger charge is 2.34. The zero-order valence-electron chi connectivity index (χ0n) is 22.5. The minimum atomic E-state index is -0.566. The first-order chi connectivity index (χ1) is 17.6. The van der Waals surface area contributed by atoms with Gasteiger partial charge in [-0.1, -0.05) is 54.9 Å². The molecule has 0 aliphatic carbocycles. The number of halogens is 1. The van der Waals surface area contributed by atoms with Crippen LogP contribution >= 0.6 is 11.6 Å². The predicted molar refractivity (Wildman–Crippen MR) is 146 cm³/mol. The van der Waals surface area contributed by atoms with Crippen molar-refractivity contribution in [2.75, 3.05) is 33.4 Å². The van der Waals surface area contributed by atoms with E-state index in [0.29, 0.717) is 24.7 Å². The molecule has 1 unspecified atom stereocenters. The number of ether oxygens (including phenoxy) is 3. The Balaban J connectivity index is 1.94. The van der Waals surface area contributed by atoms with Gasteiger partial charge in [0.2, 0.25) is 0 Å². The molecule has 0 bridgehead atoms. The van der Waals surface area contributed by atoms with E-state index in [9.17, 15) is 9.59 Å². The Bertz CT molecular complexity index is 1070. The summed E-state index contributed by atoms with van der Waals surface area (Å²) in [6.45, 7) is 9.46. The van der Waals surface area contributed by atoms with Crippen molar-refractivity contribution in [3.8, 4) is 11.1 Å². The zero-order valence-corrected chi connectivity index (χ0v) is 23.3. The Hall–Kier alpha value is -2.77. The number of benzene rings is 2. The number of piperidine rings is 1. The first kappa shape index (κ1) is 28.8. The zero-order chi connectivity index (χ0) is 27.0. The molecule has 1 saturated heterocycles. The third-order valence-electron chi connectivity index (χ3n) is 6.37. The molecule has 1 fully saturated rings. The van der Waals surface area contributed by atoms with Gasteiger partial charge in [-0.05, 0) is 62.8 Å². The molecule has 0 radical (unpaired) electrons. The van der Waals surface area contributed by atoms with E-state index in [1.54, 1.807) is 4.90 Å². The summed E-state index contributed by atoms with van der Waals surface area (Å²) < 4.78 is 16.8. The molecular formula is C29H39ClN2O5. The lowest BCUT2D eigenvalue weighted by Crippen LogP contribution is -2.44. The summed E-state index contributed by atoms with van der Waals surface area (Å²) in [5.74, 6) is 0.0194. The van der Waals surface area contributed by atoms with E-state index in [4.69, 9.17) is 21.1 Å². The highest BCUT2D eigenvalue weighted by Crippen LogP contribution is 2.41. The van der Waals surface area contributed by atoms with Crippen LogP contribution in [0.25, 0.3) is 11.1 Å². The highest BCUT2D eigenvalue weighted by molar-refractivity contribution is 6.33. The van der Waals surface area contributed by atoms with Crippen molar-refractivity contribution in [3.63, 3.8) is 0 Å². The van der Waals surface area contributed by atoms with E-state index in [1.165, 1.54) is 12.7 Å². The third kappa shape index (κ3) is 8.11. The number of rotatable bonds is 8. The number of alkyl carbamates (subject to hydrolysis) is 1. The van der Waals surface area contributed by atoms with Gasteiger partial charge in [0.15, 0.2) is 0 Å². The Labute approximate surface area is 225 Å².